The molecule has 2 unspecified atom stereocenters. The number of rotatable bonds is 8. The highest BCUT2D eigenvalue weighted by Gasteiger charge is 2.37. The number of nitrogens with zero attached hydrogens (tertiary/aromatic N) is 1. The number of amides is 2. The number of carbonyl (C=O) groups excluding carboxylic acids is 2. The summed E-state index contributed by atoms with van der Waals surface area (Å²) >= 11 is 0. The second-order valence-electron chi connectivity index (χ2n) is 8.07. The van der Waals surface area contributed by atoms with Crippen molar-refractivity contribution in [2.24, 2.45) is 5.92 Å². The third kappa shape index (κ3) is 6.16. The molecule has 2 atom stereocenters. The van der Waals surface area contributed by atoms with Crippen LogP contribution in [0.15, 0.2) is 18.2 Å². The Balaban J connectivity index is 2.35. The third-order valence-electron chi connectivity index (χ3n) is 5.07. The topological polar surface area (TPSA) is 103 Å². The standard InChI is InChI=1S/C21H34N4O4/c1-13(2)20-11-18(24-21(27)29-14(3)4)17-10-16(8-9-22-12-23-28)6-7-19(17)25(20)15(5)26/h6-7,10,13-14,18,20,22-23,28H,8-9,11-12H2,1-5H3,(H,24,27). The Morgan fingerprint density at radius 3 is 2.59 bits per heavy atom. The van der Waals surface area contributed by atoms with Crippen LogP contribution in [-0.2, 0) is 16.0 Å². The summed E-state index contributed by atoms with van der Waals surface area (Å²) in [5, 5.41) is 14.7. The van der Waals surface area contributed by atoms with Crippen molar-refractivity contribution in [1.82, 2.24) is 16.1 Å². The number of hydrogen-bond acceptors (Lipinski definition) is 6. The van der Waals surface area contributed by atoms with E-state index in [0.717, 1.165) is 23.2 Å². The average molecular weight is 407 g/mol. The second-order valence-corrected chi connectivity index (χ2v) is 8.07. The lowest BCUT2D eigenvalue weighted by Gasteiger charge is -2.42. The molecule has 8 heteroatoms. The molecule has 4 N–H and O–H groups in total. The maximum atomic E-state index is 12.5. The van der Waals surface area contributed by atoms with Gasteiger partial charge in [-0.05, 0) is 49.8 Å². The number of ether oxygens (including phenoxy) is 1. The maximum absolute atomic E-state index is 12.5. The molecule has 8 nitrogen and oxygen atoms in total. The molecule has 0 bridgehead atoms. The number of anilines is 1. The molecule has 1 aromatic rings. The largest absolute Gasteiger partial charge is 0.447 e. The van der Waals surface area contributed by atoms with Crippen molar-refractivity contribution >= 4 is 17.7 Å². The lowest BCUT2D eigenvalue weighted by molar-refractivity contribution is -0.117. The van der Waals surface area contributed by atoms with Crippen LogP contribution in [0.4, 0.5) is 10.5 Å². The SMILES string of the molecule is CC(=O)N1c2ccc(CCNCNO)cc2C(NC(=O)OC(C)C)CC1C(C)C. The first-order chi connectivity index (χ1) is 13.7. The van der Waals surface area contributed by atoms with E-state index in [-0.39, 0.29) is 30.0 Å². The fourth-order valence-corrected chi connectivity index (χ4v) is 3.79. The zero-order chi connectivity index (χ0) is 21.6. The van der Waals surface area contributed by atoms with Crippen molar-refractivity contribution in [3.05, 3.63) is 29.3 Å². The van der Waals surface area contributed by atoms with Crippen LogP contribution in [0.5, 0.6) is 0 Å². The summed E-state index contributed by atoms with van der Waals surface area (Å²) in [6.07, 6.45) is 0.736. The minimum Gasteiger partial charge on any atom is -0.447 e. The summed E-state index contributed by atoms with van der Waals surface area (Å²) in [6, 6.07) is 5.79. The van der Waals surface area contributed by atoms with E-state index in [0.29, 0.717) is 19.6 Å². The number of alkyl carbamates (subject to hydrolysis) is 1. The molecule has 1 aliphatic rings. The summed E-state index contributed by atoms with van der Waals surface area (Å²) in [7, 11) is 0. The van der Waals surface area contributed by atoms with Crippen molar-refractivity contribution in [1.29, 1.82) is 0 Å². The van der Waals surface area contributed by atoms with E-state index in [2.05, 4.69) is 36.0 Å². The molecule has 1 aromatic carbocycles. The minimum atomic E-state index is -0.448. The summed E-state index contributed by atoms with van der Waals surface area (Å²) in [6.45, 7) is 10.4. The van der Waals surface area contributed by atoms with Gasteiger partial charge in [0.15, 0.2) is 0 Å². The highest BCUT2D eigenvalue weighted by Crippen LogP contribution is 2.40. The number of fused-ring (bicyclic) bond motifs is 1. The van der Waals surface area contributed by atoms with E-state index in [4.69, 9.17) is 9.94 Å². The molecule has 0 aromatic heterocycles. The zero-order valence-electron chi connectivity index (χ0n) is 18.0. The van der Waals surface area contributed by atoms with Gasteiger partial charge in [-0.15, -0.1) is 0 Å². The molecule has 0 radical (unpaired) electrons. The van der Waals surface area contributed by atoms with Gasteiger partial charge in [0.2, 0.25) is 5.91 Å². The van der Waals surface area contributed by atoms with Gasteiger partial charge in [0, 0.05) is 25.2 Å². The molecule has 0 aliphatic carbocycles. The molecule has 2 amide bonds. The predicted molar refractivity (Wildman–Crippen MR) is 112 cm³/mol. The van der Waals surface area contributed by atoms with Gasteiger partial charge in [0.1, 0.15) is 0 Å². The van der Waals surface area contributed by atoms with E-state index in [1.807, 2.05) is 30.9 Å². The van der Waals surface area contributed by atoms with Crippen molar-refractivity contribution < 1.29 is 19.5 Å². The molecular weight excluding hydrogens is 372 g/mol. The molecule has 0 spiro atoms. The first-order valence-electron chi connectivity index (χ1n) is 10.2. The van der Waals surface area contributed by atoms with E-state index in [9.17, 15) is 9.59 Å². The van der Waals surface area contributed by atoms with Crippen LogP contribution >= 0.6 is 0 Å². The van der Waals surface area contributed by atoms with E-state index < -0.39 is 6.09 Å². The number of carbonyl (C=O) groups is 2. The summed E-state index contributed by atoms with van der Waals surface area (Å²) < 4.78 is 5.29. The fraction of sp³-hybridized carbons (Fsp3) is 0.619. The monoisotopic (exact) mass is 406 g/mol. The number of benzene rings is 1. The molecule has 0 saturated heterocycles. The van der Waals surface area contributed by atoms with Crippen LogP contribution in [0.1, 0.15) is 58.2 Å². The zero-order valence-corrected chi connectivity index (χ0v) is 18.0. The molecule has 1 aliphatic heterocycles. The second kappa shape index (κ2) is 10.6. The minimum absolute atomic E-state index is 0.00315. The lowest BCUT2D eigenvalue weighted by Crippen LogP contribution is -2.49. The lowest BCUT2D eigenvalue weighted by atomic mass is 9.85. The van der Waals surface area contributed by atoms with Crippen LogP contribution in [-0.4, -0.2) is 42.6 Å². The third-order valence-corrected chi connectivity index (χ3v) is 5.07. The maximum Gasteiger partial charge on any atom is 0.407 e. The molecular formula is C21H34N4O4. The Bertz CT molecular complexity index is 708. The van der Waals surface area contributed by atoms with Crippen LogP contribution < -0.4 is 21.0 Å². The van der Waals surface area contributed by atoms with Crippen LogP contribution in [0, 0.1) is 5.92 Å². The summed E-state index contributed by atoms with van der Waals surface area (Å²) in [5.74, 6) is 0.240. The molecule has 0 saturated carbocycles. The number of hydrogen-bond donors (Lipinski definition) is 4. The van der Waals surface area contributed by atoms with Crippen molar-refractivity contribution in [2.45, 2.75) is 65.6 Å². The fourth-order valence-electron chi connectivity index (χ4n) is 3.79. The Labute approximate surface area is 172 Å². The first-order valence-corrected chi connectivity index (χ1v) is 10.2. The van der Waals surface area contributed by atoms with Gasteiger partial charge >= 0.3 is 6.09 Å². The highest BCUT2D eigenvalue weighted by atomic mass is 16.6. The normalized spacial score (nSPS) is 18.7. The Hall–Kier alpha value is -2.16. The predicted octanol–water partition coefficient (Wildman–Crippen LogP) is 2.71. The van der Waals surface area contributed by atoms with Crippen molar-refractivity contribution in [3.8, 4) is 0 Å². The Morgan fingerprint density at radius 2 is 2.00 bits per heavy atom. The van der Waals surface area contributed by atoms with Gasteiger partial charge in [-0.25, -0.2) is 4.79 Å². The smallest absolute Gasteiger partial charge is 0.407 e. The first kappa shape index (κ1) is 23.1. The van der Waals surface area contributed by atoms with Gasteiger partial charge in [-0.3, -0.25) is 4.79 Å². The number of hydroxylamine groups is 1. The number of nitrogens with one attached hydrogen (secondary N) is 3. The summed E-state index contributed by atoms with van der Waals surface area (Å²) in [5.41, 5.74) is 4.92. The quantitative estimate of drug-likeness (QED) is 0.301. The molecule has 0 fully saturated rings. The Morgan fingerprint density at radius 1 is 1.28 bits per heavy atom. The highest BCUT2D eigenvalue weighted by molar-refractivity contribution is 5.94. The van der Waals surface area contributed by atoms with Gasteiger partial charge < -0.3 is 25.5 Å². The van der Waals surface area contributed by atoms with Crippen molar-refractivity contribution in [3.63, 3.8) is 0 Å². The van der Waals surface area contributed by atoms with Crippen LogP contribution in [0.3, 0.4) is 0 Å². The van der Waals surface area contributed by atoms with Crippen molar-refractivity contribution in [2.75, 3.05) is 18.1 Å². The molecule has 29 heavy (non-hydrogen) atoms. The average Bonchev–Trinajstić information content (AvgIpc) is 2.63. The van der Waals surface area contributed by atoms with Gasteiger partial charge in [0.05, 0.1) is 18.8 Å². The molecule has 1 heterocycles. The summed E-state index contributed by atoms with van der Waals surface area (Å²) in [4.78, 5) is 26.6. The van der Waals surface area contributed by atoms with Gasteiger partial charge in [-0.1, -0.05) is 26.0 Å². The molecule has 2 rings (SSSR count). The molecule has 162 valence electrons. The Kier molecular flexibility index (Phi) is 8.43. The van der Waals surface area contributed by atoms with E-state index in [1.54, 1.807) is 6.92 Å². The van der Waals surface area contributed by atoms with Gasteiger partial charge in [-0.2, -0.15) is 5.48 Å². The van der Waals surface area contributed by atoms with Gasteiger partial charge in [0.25, 0.3) is 0 Å². The van der Waals surface area contributed by atoms with Crippen LogP contribution in [0.2, 0.25) is 0 Å². The van der Waals surface area contributed by atoms with E-state index in [1.165, 1.54) is 0 Å². The van der Waals surface area contributed by atoms with Crippen LogP contribution in [0.25, 0.3) is 0 Å². The van der Waals surface area contributed by atoms with E-state index >= 15 is 0 Å².